The lowest BCUT2D eigenvalue weighted by molar-refractivity contribution is 0.678. The summed E-state index contributed by atoms with van der Waals surface area (Å²) < 4.78 is 0. The Morgan fingerprint density at radius 1 is 1.29 bits per heavy atom. The molecule has 2 aliphatic rings. The van der Waals surface area contributed by atoms with E-state index in [0.717, 1.165) is 17.6 Å². The summed E-state index contributed by atoms with van der Waals surface area (Å²) in [4.78, 5) is 0. The first-order chi connectivity index (χ1) is 9.88. The second-order valence-electron chi connectivity index (χ2n) is 7.54. The van der Waals surface area contributed by atoms with E-state index in [1.807, 2.05) is 6.07 Å². The molecule has 3 heteroatoms. The first-order valence-electron chi connectivity index (χ1n) is 7.95. The predicted molar refractivity (Wildman–Crippen MR) is 93.3 cm³/mol. The molecule has 0 aliphatic heterocycles. The fourth-order valence-corrected chi connectivity index (χ4v) is 3.42. The molecule has 1 aromatic rings. The molecule has 0 aromatic heterocycles. The van der Waals surface area contributed by atoms with E-state index in [-0.39, 0.29) is 5.41 Å². The van der Waals surface area contributed by atoms with Gasteiger partial charge in [-0.15, -0.1) is 5.54 Å². The van der Waals surface area contributed by atoms with Crippen LogP contribution in [0.5, 0.6) is 0 Å². The number of halogens is 1. The third-order valence-corrected chi connectivity index (χ3v) is 5.28. The summed E-state index contributed by atoms with van der Waals surface area (Å²) in [5.74, 6) is 3.63. The molecule has 0 spiro atoms. The summed E-state index contributed by atoms with van der Waals surface area (Å²) in [6, 6.07) is 7.08. The monoisotopic (exact) mass is 317 g/mol. The molecule has 0 radical (unpaired) electrons. The van der Waals surface area contributed by atoms with Gasteiger partial charge in [-0.1, -0.05) is 43.2 Å². The van der Waals surface area contributed by atoms with E-state index >= 15 is 0 Å². The molecule has 2 saturated carbocycles. The lowest BCUT2D eigenvalue weighted by Crippen LogP contribution is -2.20. The van der Waals surface area contributed by atoms with Gasteiger partial charge in [0.1, 0.15) is 8.07 Å². The molecule has 0 atom stereocenters. The molecule has 112 valence electrons. The number of benzene rings is 1. The van der Waals surface area contributed by atoms with E-state index < -0.39 is 8.07 Å². The van der Waals surface area contributed by atoms with Crippen LogP contribution < -0.4 is 5.32 Å². The molecule has 1 nitrogen and oxygen atoms in total. The largest absolute Gasteiger partial charge is 0.310 e. The van der Waals surface area contributed by atoms with Crippen molar-refractivity contribution < 1.29 is 0 Å². The van der Waals surface area contributed by atoms with Gasteiger partial charge in [-0.05, 0) is 48.9 Å². The van der Waals surface area contributed by atoms with Crippen LogP contribution in [-0.4, -0.2) is 14.1 Å². The van der Waals surface area contributed by atoms with Gasteiger partial charge in [0.25, 0.3) is 0 Å². The van der Waals surface area contributed by atoms with Crippen LogP contribution in [-0.2, 0) is 12.0 Å². The van der Waals surface area contributed by atoms with Gasteiger partial charge >= 0.3 is 0 Å². The maximum Gasteiger partial charge on any atom is 0.129 e. The number of rotatable bonds is 4. The van der Waals surface area contributed by atoms with Crippen LogP contribution >= 0.6 is 11.6 Å². The van der Waals surface area contributed by atoms with Gasteiger partial charge < -0.3 is 5.32 Å². The third-order valence-electron chi connectivity index (χ3n) is 4.17. The number of nitrogens with one attached hydrogen (secondary N) is 1. The highest BCUT2D eigenvalue weighted by Gasteiger charge is 2.44. The highest BCUT2D eigenvalue weighted by Crippen LogP contribution is 2.49. The Morgan fingerprint density at radius 3 is 2.57 bits per heavy atom. The van der Waals surface area contributed by atoms with Crippen molar-refractivity contribution >= 4 is 19.7 Å². The second kappa shape index (κ2) is 5.46. The Kier molecular flexibility index (Phi) is 3.94. The van der Waals surface area contributed by atoms with E-state index in [4.69, 9.17) is 11.6 Å². The van der Waals surface area contributed by atoms with Crippen molar-refractivity contribution in [1.29, 1.82) is 0 Å². The molecule has 2 aliphatic carbocycles. The highest BCUT2D eigenvalue weighted by atomic mass is 35.5. The van der Waals surface area contributed by atoms with Crippen LogP contribution in [0.4, 0.5) is 0 Å². The van der Waals surface area contributed by atoms with E-state index in [1.54, 1.807) is 0 Å². The Bertz CT molecular complexity index is 598. The van der Waals surface area contributed by atoms with Gasteiger partial charge in [0, 0.05) is 17.6 Å². The van der Waals surface area contributed by atoms with Crippen molar-refractivity contribution in [3.05, 3.63) is 34.3 Å². The maximum atomic E-state index is 6.21. The first-order valence-corrected chi connectivity index (χ1v) is 11.8. The average Bonchev–Trinajstić information content (AvgIpc) is 3.29. The van der Waals surface area contributed by atoms with Crippen LogP contribution in [0.2, 0.25) is 24.7 Å². The summed E-state index contributed by atoms with van der Waals surface area (Å²) in [5.41, 5.74) is 6.45. The van der Waals surface area contributed by atoms with Gasteiger partial charge in [0.15, 0.2) is 0 Å². The zero-order valence-electron chi connectivity index (χ0n) is 13.2. The summed E-state index contributed by atoms with van der Waals surface area (Å²) in [6.07, 6.45) is 5.03. The fourth-order valence-electron chi connectivity index (χ4n) is 2.61. The van der Waals surface area contributed by atoms with Crippen molar-refractivity contribution in [2.75, 3.05) is 0 Å². The van der Waals surface area contributed by atoms with Crippen molar-refractivity contribution in [2.24, 2.45) is 0 Å². The van der Waals surface area contributed by atoms with Gasteiger partial charge in [-0.3, -0.25) is 0 Å². The maximum absolute atomic E-state index is 6.21. The Balaban J connectivity index is 1.87. The molecule has 0 saturated heterocycles. The van der Waals surface area contributed by atoms with Crippen LogP contribution in [0.1, 0.15) is 36.8 Å². The summed E-state index contributed by atoms with van der Waals surface area (Å²) in [7, 11) is -1.32. The zero-order valence-corrected chi connectivity index (χ0v) is 15.0. The minimum atomic E-state index is -1.32. The molecule has 0 unspecified atom stereocenters. The van der Waals surface area contributed by atoms with Gasteiger partial charge in [0.2, 0.25) is 0 Å². The number of hydrogen-bond acceptors (Lipinski definition) is 1. The van der Waals surface area contributed by atoms with Crippen LogP contribution in [0.25, 0.3) is 0 Å². The molecule has 0 bridgehead atoms. The van der Waals surface area contributed by atoms with E-state index in [0.29, 0.717) is 0 Å². The third kappa shape index (κ3) is 3.91. The molecule has 1 N–H and O–H groups in total. The summed E-state index contributed by atoms with van der Waals surface area (Å²) in [6.45, 7) is 7.87. The van der Waals surface area contributed by atoms with E-state index in [9.17, 15) is 0 Å². The molecule has 0 amide bonds. The van der Waals surface area contributed by atoms with Crippen LogP contribution in [0.15, 0.2) is 18.2 Å². The van der Waals surface area contributed by atoms with E-state index in [2.05, 4.69) is 48.6 Å². The number of hydrogen-bond donors (Lipinski definition) is 1. The minimum Gasteiger partial charge on any atom is -0.310 e. The summed E-state index contributed by atoms with van der Waals surface area (Å²) >= 11 is 6.21. The standard InChI is InChI=1S/C18H24ClNSi/c1-21(2,3)11-10-18(8-9-18)17-7-4-15(19)12-14(17)13-20-16-5-6-16/h4,7,12,16,20H,5-6,8-9,13H2,1-3H3. The van der Waals surface area contributed by atoms with Gasteiger partial charge in [0.05, 0.1) is 5.41 Å². The van der Waals surface area contributed by atoms with E-state index in [1.165, 1.54) is 36.8 Å². The first kappa shape index (κ1) is 15.2. The van der Waals surface area contributed by atoms with Crippen molar-refractivity contribution in [3.8, 4) is 11.5 Å². The molecule has 3 rings (SSSR count). The smallest absolute Gasteiger partial charge is 0.129 e. The highest BCUT2D eigenvalue weighted by molar-refractivity contribution is 6.83. The second-order valence-corrected chi connectivity index (χ2v) is 12.7. The normalized spacial score (nSPS) is 19.8. The molecule has 1 aromatic carbocycles. The molecule has 21 heavy (non-hydrogen) atoms. The van der Waals surface area contributed by atoms with Gasteiger partial charge in [-0.25, -0.2) is 0 Å². The van der Waals surface area contributed by atoms with Gasteiger partial charge in [-0.2, -0.15) is 0 Å². The van der Waals surface area contributed by atoms with Crippen LogP contribution in [0.3, 0.4) is 0 Å². The fraction of sp³-hybridized carbons (Fsp3) is 0.556. The van der Waals surface area contributed by atoms with Crippen molar-refractivity contribution in [1.82, 2.24) is 5.32 Å². The van der Waals surface area contributed by atoms with Crippen LogP contribution in [0, 0.1) is 11.5 Å². The average molecular weight is 318 g/mol. The zero-order chi connectivity index (χ0) is 15.1. The lowest BCUT2D eigenvalue weighted by Gasteiger charge is -2.16. The molecule has 0 heterocycles. The van der Waals surface area contributed by atoms with Crippen molar-refractivity contribution in [3.63, 3.8) is 0 Å². The Labute approximate surface area is 134 Å². The summed E-state index contributed by atoms with van der Waals surface area (Å²) in [5, 5.41) is 4.45. The topological polar surface area (TPSA) is 12.0 Å². The Morgan fingerprint density at radius 2 is 2.00 bits per heavy atom. The van der Waals surface area contributed by atoms with Crippen molar-refractivity contribution in [2.45, 2.75) is 63.3 Å². The predicted octanol–water partition coefficient (Wildman–Crippen LogP) is 4.50. The molecular weight excluding hydrogens is 294 g/mol. The SMILES string of the molecule is C[Si](C)(C)C#CC1(c2ccc(Cl)cc2CNC2CC2)CC1. The minimum absolute atomic E-state index is 0.117. The molecular formula is C18H24ClNSi. The quantitative estimate of drug-likeness (QED) is 0.636. The molecule has 2 fully saturated rings. The lowest BCUT2D eigenvalue weighted by atomic mass is 9.92. The Hall–Kier alpha value is -0.753.